The molecule has 2 aromatic carbocycles. The van der Waals surface area contributed by atoms with Crippen LogP contribution in [0.15, 0.2) is 72.9 Å². The van der Waals surface area contributed by atoms with Gasteiger partial charge >= 0.3 is 6.18 Å². The number of aromatic nitrogens is 3. The van der Waals surface area contributed by atoms with Gasteiger partial charge in [-0.05, 0) is 23.8 Å². The van der Waals surface area contributed by atoms with Crippen molar-refractivity contribution in [3.05, 3.63) is 84.1 Å². The molecule has 4 rings (SSSR count). The zero-order chi connectivity index (χ0) is 19.6. The first-order chi connectivity index (χ1) is 13.5. The largest absolute Gasteiger partial charge is 0.416 e. The highest BCUT2D eigenvalue weighted by Gasteiger charge is 2.32. The summed E-state index contributed by atoms with van der Waals surface area (Å²) in [5.74, 6) is 0.434. The van der Waals surface area contributed by atoms with Gasteiger partial charge in [-0.25, -0.2) is 9.97 Å². The van der Waals surface area contributed by atoms with Crippen LogP contribution in [0.1, 0.15) is 11.1 Å². The number of nitrogens with one attached hydrogen (secondary N) is 1. The highest BCUT2D eigenvalue weighted by atomic mass is 19.4. The average Bonchev–Trinajstić information content (AvgIpc) is 2.72. The molecule has 2 aromatic heterocycles. The minimum absolute atomic E-state index is 0.00000540. The fraction of sp³-hybridized carbons (Fsp3) is 0.0952. The topological polar surface area (TPSA) is 50.7 Å². The van der Waals surface area contributed by atoms with E-state index in [0.717, 1.165) is 11.6 Å². The third-order valence-electron chi connectivity index (χ3n) is 4.26. The molecule has 4 aromatic rings. The van der Waals surface area contributed by atoms with E-state index < -0.39 is 11.7 Å². The predicted molar refractivity (Wildman–Crippen MR) is 102 cm³/mol. The molecule has 0 aliphatic rings. The third kappa shape index (κ3) is 3.78. The molecular formula is C21H15F3N4. The van der Waals surface area contributed by atoms with E-state index in [1.165, 1.54) is 12.1 Å². The van der Waals surface area contributed by atoms with Gasteiger partial charge in [0, 0.05) is 12.1 Å². The first-order valence-corrected chi connectivity index (χ1v) is 8.59. The van der Waals surface area contributed by atoms with Gasteiger partial charge in [-0.15, -0.1) is 0 Å². The summed E-state index contributed by atoms with van der Waals surface area (Å²) < 4.78 is 39.4. The number of rotatable bonds is 4. The number of pyridine rings is 1. The van der Waals surface area contributed by atoms with Crippen LogP contribution in [0, 0.1) is 0 Å². The second-order valence-corrected chi connectivity index (χ2v) is 6.17. The van der Waals surface area contributed by atoms with E-state index in [4.69, 9.17) is 0 Å². The average molecular weight is 380 g/mol. The van der Waals surface area contributed by atoms with Crippen molar-refractivity contribution >= 4 is 17.0 Å². The van der Waals surface area contributed by atoms with Crippen LogP contribution >= 0.6 is 0 Å². The van der Waals surface area contributed by atoms with E-state index >= 15 is 0 Å². The smallest absolute Gasteiger partial charge is 0.366 e. The molecule has 1 N–H and O–H groups in total. The lowest BCUT2D eigenvalue weighted by Gasteiger charge is -2.13. The molecule has 0 fully saturated rings. The minimum Gasteiger partial charge on any atom is -0.366 e. The summed E-state index contributed by atoms with van der Waals surface area (Å²) in [6.07, 6.45) is -2.73. The SMILES string of the molecule is FC(F)(F)c1ccccc1CNc1ccc2ncc(-c3ccccc3)nc2n1. The quantitative estimate of drug-likeness (QED) is 0.520. The molecule has 0 amide bonds. The number of fused-ring (bicyclic) bond motifs is 1. The maximum absolute atomic E-state index is 13.1. The molecule has 4 nitrogen and oxygen atoms in total. The molecule has 28 heavy (non-hydrogen) atoms. The molecule has 0 unspecified atom stereocenters. The Hall–Kier alpha value is -3.48. The first-order valence-electron chi connectivity index (χ1n) is 8.59. The molecule has 0 bridgehead atoms. The van der Waals surface area contributed by atoms with E-state index in [1.807, 2.05) is 30.3 Å². The minimum atomic E-state index is -4.40. The van der Waals surface area contributed by atoms with Crippen LogP contribution in [0.2, 0.25) is 0 Å². The second kappa shape index (κ2) is 7.26. The number of halogens is 3. The fourth-order valence-corrected chi connectivity index (χ4v) is 2.88. The summed E-state index contributed by atoms with van der Waals surface area (Å²) >= 11 is 0. The molecule has 0 spiro atoms. The highest BCUT2D eigenvalue weighted by Crippen LogP contribution is 2.32. The molecule has 2 heterocycles. The maximum Gasteiger partial charge on any atom is 0.416 e. The molecule has 0 saturated carbocycles. The Bertz CT molecular complexity index is 1110. The Balaban J connectivity index is 1.60. The van der Waals surface area contributed by atoms with Gasteiger partial charge in [0.1, 0.15) is 11.3 Å². The number of hydrogen-bond donors (Lipinski definition) is 1. The van der Waals surface area contributed by atoms with Crippen LogP contribution in [-0.2, 0) is 12.7 Å². The summed E-state index contributed by atoms with van der Waals surface area (Å²) in [4.78, 5) is 13.3. The van der Waals surface area contributed by atoms with Crippen LogP contribution < -0.4 is 5.32 Å². The van der Waals surface area contributed by atoms with Crippen LogP contribution in [-0.4, -0.2) is 15.0 Å². The standard InChI is InChI=1S/C21H15F3N4/c22-21(23,24)16-9-5-4-8-15(16)12-26-19-11-10-17-20(28-19)27-18(13-25-17)14-6-2-1-3-7-14/h1-11,13H,12H2,(H,26,27,28). The van der Waals surface area contributed by atoms with E-state index in [-0.39, 0.29) is 12.1 Å². The molecule has 0 atom stereocenters. The number of hydrogen-bond acceptors (Lipinski definition) is 4. The predicted octanol–water partition coefficient (Wildman–Crippen LogP) is 5.32. The Labute approximate surface area is 159 Å². The van der Waals surface area contributed by atoms with Crippen molar-refractivity contribution in [1.29, 1.82) is 0 Å². The number of nitrogens with zero attached hydrogens (tertiary/aromatic N) is 3. The second-order valence-electron chi connectivity index (χ2n) is 6.17. The van der Waals surface area contributed by atoms with E-state index in [0.29, 0.717) is 22.7 Å². The number of alkyl halides is 3. The van der Waals surface area contributed by atoms with Gasteiger partial charge in [0.2, 0.25) is 0 Å². The molecule has 0 aliphatic carbocycles. The first kappa shape index (κ1) is 17.9. The Kier molecular flexibility index (Phi) is 4.65. The molecular weight excluding hydrogens is 365 g/mol. The third-order valence-corrected chi connectivity index (χ3v) is 4.26. The van der Waals surface area contributed by atoms with Crippen molar-refractivity contribution < 1.29 is 13.2 Å². The van der Waals surface area contributed by atoms with Gasteiger partial charge in [-0.2, -0.15) is 13.2 Å². The maximum atomic E-state index is 13.1. The molecule has 0 radical (unpaired) electrons. The highest BCUT2D eigenvalue weighted by molar-refractivity contribution is 5.75. The van der Waals surface area contributed by atoms with Crippen LogP contribution in [0.25, 0.3) is 22.4 Å². The lowest BCUT2D eigenvalue weighted by atomic mass is 10.1. The molecule has 7 heteroatoms. The van der Waals surface area contributed by atoms with Gasteiger partial charge < -0.3 is 5.32 Å². The van der Waals surface area contributed by atoms with Gasteiger partial charge in [0.05, 0.1) is 17.5 Å². The molecule has 140 valence electrons. The molecule has 0 aliphatic heterocycles. The van der Waals surface area contributed by atoms with Crippen molar-refractivity contribution in [1.82, 2.24) is 15.0 Å². The lowest BCUT2D eigenvalue weighted by Crippen LogP contribution is -2.12. The van der Waals surface area contributed by atoms with E-state index in [9.17, 15) is 13.2 Å². The van der Waals surface area contributed by atoms with Gasteiger partial charge in [-0.3, -0.25) is 4.98 Å². The summed E-state index contributed by atoms with van der Waals surface area (Å²) in [6, 6.07) is 18.5. The summed E-state index contributed by atoms with van der Waals surface area (Å²) in [5, 5.41) is 2.95. The van der Waals surface area contributed by atoms with Crippen LogP contribution in [0.4, 0.5) is 19.0 Å². The molecule has 0 saturated heterocycles. The summed E-state index contributed by atoms with van der Waals surface area (Å²) in [5.41, 5.74) is 2.13. The Morgan fingerprint density at radius 2 is 1.57 bits per heavy atom. The van der Waals surface area contributed by atoms with Gasteiger partial charge in [0.15, 0.2) is 5.65 Å². The lowest BCUT2D eigenvalue weighted by molar-refractivity contribution is -0.138. The van der Waals surface area contributed by atoms with Crippen LogP contribution in [0.5, 0.6) is 0 Å². The van der Waals surface area contributed by atoms with Gasteiger partial charge in [-0.1, -0.05) is 48.5 Å². The van der Waals surface area contributed by atoms with Crippen molar-refractivity contribution in [2.24, 2.45) is 0 Å². The van der Waals surface area contributed by atoms with Crippen molar-refractivity contribution in [2.45, 2.75) is 12.7 Å². The summed E-state index contributed by atoms with van der Waals surface area (Å²) in [6.45, 7) is -0.00000540. The zero-order valence-corrected chi connectivity index (χ0v) is 14.6. The van der Waals surface area contributed by atoms with Crippen molar-refractivity contribution in [3.63, 3.8) is 0 Å². The Morgan fingerprint density at radius 3 is 2.36 bits per heavy atom. The summed E-state index contributed by atoms with van der Waals surface area (Å²) in [7, 11) is 0. The fourth-order valence-electron chi connectivity index (χ4n) is 2.88. The van der Waals surface area contributed by atoms with E-state index in [2.05, 4.69) is 20.3 Å². The number of anilines is 1. The normalized spacial score (nSPS) is 11.5. The monoisotopic (exact) mass is 380 g/mol. The van der Waals surface area contributed by atoms with Gasteiger partial charge in [0.25, 0.3) is 0 Å². The number of benzene rings is 2. The van der Waals surface area contributed by atoms with Crippen LogP contribution in [0.3, 0.4) is 0 Å². The van der Waals surface area contributed by atoms with Crippen molar-refractivity contribution in [2.75, 3.05) is 5.32 Å². The van der Waals surface area contributed by atoms with E-state index in [1.54, 1.807) is 24.4 Å². The zero-order valence-electron chi connectivity index (χ0n) is 14.6. The van der Waals surface area contributed by atoms with Crippen molar-refractivity contribution in [3.8, 4) is 11.3 Å². The Morgan fingerprint density at radius 1 is 0.821 bits per heavy atom.